The van der Waals surface area contributed by atoms with E-state index in [1.54, 1.807) is 0 Å². The Morgan fingerprint density at radius 3 is 2.45 bits per heavy atom. The number of carbonyl (C=O) groups is 1. The summed E-state index contributed by atoms with van der Waals surface area (Å²) in [6.45, 7) is 0. The van der Waals surface area contributed by atoms with Gasteiger partial charge in [-0.05, 0) is 49.3 Å². The Bertz CT molecular complexity index is 666. The van der Waals surface area contributed by atoms with Crippen LogP contribution in [0.15, 0.2) is 23.1 Å². The molecule has 2 saturated carbocycles. The SMILES string of the molecule is O=C(Nc1ccc(S(=O)(=O)Cl)c(F)c1)C1CC2CC2C1. The molecule has 2 atom stereocenters. The highest BCUT2D eigenvalue weighted by atomic mass is 35.7. The first-order chi connectivity index (χ1) is 9.34. The number of nitrogens with one attached hydrogen (secondary N) is 1. The predicted molar refractivity (Wildman–Crippen MR) is 72.4 cm³/mol. The van der Waals surface area contributed by atoms with E-state index < -0.39 is 19.8 Å². The Kier molecular flexibility index (Phi) is 3.25. The van der Waals surface area contributed by atoms with Gasteiger partial charge in [-0.1, -0.05) is 0 Å². The molecule has 2 fully saturated rings. The van der Waals surface area contributed by atoms with Gasteiger partial charge in [0, 0.05) is 22.3 Å². The molecule has 3 rings (SSSR count). The zero-order valence-corrected chi connectivity index (χ0v) is 12.0. The van der Waals surface area contributed by atoms with E-state index >= 15 is 0 Å². The molecule has 0 aromatic heterocycles. The Morgan fingerprint density at radius 1 is 1.25 bits per heavy atom. The molecule has 1 amide bonds. The van der Waals surface area contributed by atoms with Crippen molar-refractivity contribution >= 4 is 31.3 Å². The number of hydrogen-bond donors (Lipinski definition) is 1. The molecule has 0 spiro atoms. The van der Waals surface area contributed by atoms with Crippen LogP contribution in [0, 0.1) is 23.6 Å². The number of hydrogen-bond acceptors (Lipinski definition) is 3. The Hall–Kier alpha value is -1.14. The molecule has 1 aromatic carbocycles. The molecule has 1 N–H and O–H groups in total. The third-order valence-corrected chi connectivity index (χ3v) is 5.43. The van der Waals surface area contributed by atoms with E-state index in [1.165, 1.54) is 12.5 Å². The summed E-state index contributed by atoms with van der Waals surface area (Å²) in [5, 5.41) is 2.63. The van der Waals surface area contributed by atoms with E-state index in [4.69, 9.17) is 10.7 Å². The number of rotatable bonds is 3. The Labute approximate surface area is 120 Å². The maximum Gasteiger partial charge on any atom is 0.264 e. The Balaban J connectivity index is 1.71. The van der Waals surface area contributed by atoms with Crippen molar-refractivity contribution in [2.75, 3.05) is 5.32 Å². The third kappa shape index (κ3) is 2.67. The third-order valence-electron chi connectivity index (χ3n) is 4.08. The zero-order valence-electron chi connectivity index (χ0n) is 10.5. The van der Waals surface area contributed by atoms with E-state index in [-0.39, 0.29) is 17.5 Å². The van der Waals surface area contributed by atoms with Crippen LogP contribution in [-0.4, -0.2) is 14.3 Å². The van der Waals surface area contributed by atoms with Crippen molar-refractivity contribution in [3.05, 3.63) is 24.0 Å². The van der Waals surface area contributed by atoms with Crippen LogP contribution in [0.1, 0.15) is 19.3 Å². The molecule has 7 heteroatoms. The minimum atomic E-state index is -4.11. The average Bonchev–Trinajstić information content (AvgIpc) is 2.94. The smallest absolute Gasteiger partial charge is 0.264 e. The van der Waals surface area contributed by atoms with Crippen molar-refractivity contribution in [2.45, 2.75) is 24.2 Å². The highest BCUT2D eigenvalue weighted by Crippen LogP contribution is 2.54. The minimum absolute atomic E-state index is 0.0155. The quantitative estimate of drug-likeness (QED) is 0.872. The summed E-state index contributed by atoms with van der Waals surface area (Å²) in [6.07, 6.45) is 3.01. The number of anilines is 1. The molecule has 2 aliphatic rings. The lowest BCUT2D eigenvalue weighted by Crippen LogP contribution is -2.21. The van der Waals surface area contributed by atoms with Crippen molar-refractivity contribution in [3.63, 3.8) is 0 Å². The van der Waals surface area contributed by atoms with Crippen LogP contribution in [0.25, 0.3) is 0 Å². The summed E-state index contributed by atoms with van der Waals surface area (Å²) in [7, 11) is 0.980. The molecule has 1 aromatic rings. The molecule has 0 saturated heterocycles. The molecule has 20 heavy (non-hydrogen) atoms. The number of halogens is 2. The van der Waals surface area contributed by atoms with Crippen LogP contribution in [0.2, 0.25) is 0 Å². The summed E-state index contributed by atoms with van der Waals surface area (Å²) in [5.41, 5.74) is 0.247. The highest BCUT2D eigenvalue weighted by Gasteiger charge is 2.47. The molecule has 2 unspecified atom stereocenters. The van der Waals surface area contributed by atoms with E-state index in [2.05, 4.69) is 5.32 Å². The predicted octanol–water partition coefficient (Wildman–Crippen LogP) is 2.74. The number of carbonyl (C=O) groups excluding carboxylic acids is 1. The first-order valence-electron chi connectivity index (χ1n) is 6.39. The van der Waals surface area contributed by atoms with Gasteiger partial charge in [-0.2, -0.15) is 0 Å². The molecule has 0 aliphatic heterocycles. The molecule has 108 valence electrons. The van der Waals surface area contributed by atoms with Gasteiger partial charge in [0.05, 0.1) is 0 Å². The zero-order chi connectivity index (χ0) is 14.5. The summed E-state index contributed by atoms with van der Waals surface area (Å²) in [5.74, 6) is 0.265. The van der Waals surface area contributed by atoms with Crippen molar-refractivity contribution < 1.29 is 17.6 Å². The topological polar surface area (TPSA) is 63.2 Å². The minimum Gasteiger partial charge on any atom is -0.326 e. The summed E-state index contributed by atoms with van der Waals surface area (Å²) >= 11 is 0. The average molecular weight is 318 g/mol. The van der Waals surface area contributed by atoms with E-state index in [0.717, 1.165) is 25.0 Å². The first-order valence-corrected chi connectivity index (χ1v) is 8.70. The van der Waals surface area contributed by atoms with Crippen LogP contribution in [-0.2, 0) is 13.8 Å². The van der Waals surface area contributed by atoms with Crippen molar-refractivity contribution in [1.82, 2.24) is 0 Å². The lowest BCUT2D eigenvalue weighted by atomic mass is 10.0. The molecule has 0 heterocycles. The second-order valence-corrected chi connectivity index (χ2v) is 8.03. The van der Waals surface area contributed by atoms with E-state index in [0.29, 0.717) is 11.8 Å². The van der Waals surface area contributed by atoms with Crippen LogP contribution in [0.3, 0.4) is 0 Å². The van der Waals surface area contributed by atoms with E-state index in [9.17, 15) is 17.6 Å². The fourth-order valence-corrected chi connectivity index (χ4v) is 3.85. The van der Waals surface area contributed by atoms with Gasteiger partial charge < -0.3 is 5.32 Å². The fourth-order valence-electron chi connectivity index (χ4n) is 2.95. The van der Waals surface area contributed by atoms with Crippen molar-refractivity contribution in [3.8, 4) is 0 Å². The maximum atomic E-state index is 13.6. The standard InChI is InChI=1S/C13H13ClFNO3S/c14-20(18,19)12-2-1-10(6-11(12)15)16-13(17)9-4-7-3-8(7)5-9/h1-2,6-9H,3-5H2,(H,16,17). The van der Waals surface area contributed by atoms with E-state index in [1.807, 2.05) is 0 Å². The molecular formula is C13H13ClFNO3S. The molecule has 4 nitrogen and oxygen atoms in total. The molecular weight excluding hydrogens is 305 g/mol. The first kappa shape index (κ1) is 13.8. The largest absolute Gasteiger partial charge is 0.326 e. The summed E-state index contributed by atoms with van der Waals surface area (Å²) < 4.78 is 35.8. The van der Waals surface area contributed by atoms with Gasteiger partial charge in [-0.15, -0.1) is 0 Å². The fraction of sp³-hybridized carbons (Fsp3) is 0.462. The second-order valence-electron chi connectivity index (χ2n) is 5.50. The van der Waals surface area contributed by atoms with Gasteiger partial charge >= 0.3 is 0 Å². The van der Waals surface area contributed by atoms with Crippen LogP contribution in [0.4, 0.5) is 10.1 Å². The van der Waals surface area contributed by atoms with Crippen LogP contribution < -0.4 is 5.32 Å². The van der Waals surface area contributed by atoms with Crippen molar-refractivity contribution in [1.29, 1.82) is 0 Å². The van der Waals surface area contributed by atoms with Crippen LogP contribution >= 0.6 is 10.7 Å². The highest BCUT2D eigenvalue weighted by molar-refractivity contribution is 8.13. The summed E-state index contributed by atoms with van der Waals surface area (Å²) in [6, 6.07) is 3.37. The van der Waals surface area contributed by atoms with Crippen molar-refractivity contribution in [2.24, 2.45) is 17.8 Å². The van der Waals surface area contributed by atoms with Gasteiger partial charge in [-0.25, -0.2) is 12.8 Å². The molecule has 0 radical (unpaired) electrons. The number of fused-ring (bicyclic) bond motifs is 1. The summed E-state index contributed by atoms with van der Waals surface area (Å²) in [4.78, 5) is 11.4. The molecule has 0 bridgehead atoms. The second kappa shape index (κ2) is 4.70. The lowest BCUT2D eigenvalue weighted by molar-refractivity contribution is -0.120. The van der Waals surface area contributed by atoms with Gasteiger partial charge in [-0.3, -0.25) is 4.79 Å². The number of benzene rings is 1. The van der Waals surface area contributed by atoms with Gasteiger partial charge in [0.15, 0.2) is 0 Å². The number of amides is 1. The lowest BCUT2D eigenvalue weighted by Gasteiger charge is -2.12. The Morgan fingerprint density at radius 2 is 1.90 bits per heavy atom. The monoisotopic (exact) mass is 317 g/mol. The normalized spacial score (nSPS) is 28.0. The van der Waals surface area contributed by atoms with Crippen LogP contribution in [0.5, 0.6) is 0 Å². The van der Waals surface area contributed by atoms with Gasteiger partial charge in [0.2, 0.25) is 5.91 Å². The van der Waals surface area contributed by atoms with Gasteiger partial charge in [0.1, 0.15) is 10.7 Å². The molecule has 2 aliphatic carbocycles. The maximum absolute atomic E-state index is 13.6. The van der Waals surface area contributed by atoms with Gasteiger partial charge in [0.25, 0.3) is 9.05 Å².